The molecule has 6 nitrogen and oxygen atoms in total. The van der Waals surface area contributed by atoms with E-state index in [-0.39, 0.29) is 11.6 Å². The quantitative estimate of drug-likeness (QED) is 0.316. The molecule has 0 heterocycles. The Balaban J connectivity index is 4.10. The van der Waals surface area contributed by atoms with Crippen LogP contribution in [0.3, 0.4) is 0 Å². The van der Waals surface area contributed by atoms with Crippen LogP contribution >= 0.6 is 0 Å². The molecular weight excluding hydrogens is 172 g/mol. The number of aliphatic imine (C=N–C) groups is 1. The highest BCUT2D eigenvalue weighted by molar-refractivity contribution is 6.37. The number of nitrogens with zero attached hydrogens (tertiary/aromatic N) is 1. The summed E-state index contributed by atoms with van der Waals surface area (Å²) in [5, 5.41) is 0. The predicted octanol–water partition coefficient (Wildman–Crippen LogP) is -0.443. The average Bonchev–Trinajstić information content (AvgIpc) is 2.03. The van der Waals surface area contributed by atoms with Crippen molar-refractivity contribution in [3.05, 3.63) is 0 Å². The lowest BCUT2D eigenvalue weighted by atomic mass is 10.4. The summed E-state index contributed by atoms with van der Waals surface area (Å²) in [5.74, 6) is -0.136. The molecule has 0 radical (unpaired) electrons. The molecule has 0 saturated carbocycles. The zero-order chi connectivity index (χ0) is 10.3. The van der Waals surface area contributed by atoms with Gasteiger partial charge >= 0.3 is 6.03 Å². The van der Waals surface area contributed by atoms with Crippen LogP contribution in [0.5, 0.6) is 0 Å². The van der Waals surface area contributed by atoms with E-state index in [1.807, 2.05) is 6.92 Å². The van der Waals surface area contributed by atoms with Gasteiger partial charge in [0.15, 0.2) is 11.6 Å². The summed E-state index contributed by atoms with van der Waals surface area (Å²) in [6, 6.07) is -0.759. The standard InChI is InChI=1S/C7H14N4O2/c1-3-4-9-6(5(2)12)10-11-7(8)13/h3-4H2,1-2H3,(H,9,10)(H3,8,11,13). The summed E-state index contributed by atoms with van der Waals surface area (Å²) in [6.07, 6.45) is 0.828. The number of carbonyl (C=O) groups excluding carboxylic acids is 2. The number of nitrogens with one attached hydrogen (secondary N) is 2. The van der Waals surface area contributed by atoms with E-state index in [4.69, 9.17) is 5.73 Å². The van der Waals surface area contributed by atoms with Crippen molar-refractivity contribution in [1.82, 2.24) is 10.9 Å². The van der Waals surface area contributed by atoms with Gasteiger partial charge in [-0.3, -0.25) is 20.6 Å². The number of amides is 2. The van der Waals surface area contributed by atoms with Crippen LogP contribution in [0.4, 0.5) is 4.79 Å². The summed E-state index contributed by atoms with van der Waals surface area (Å²) in [5.41, 5.74) is 9.19. The van der Waals surface area contributed by atoms with E-state index in [1.54, 1.807) is 0 Å². The minimum absolute atomic E-state index is 0.112. The Morgan fingerprint density at radius 2 is 2.00 bits per heavy atom. The molecule has 0 rings (SSSR count). The largest absolute Gasteiger partial charge is 0.350 e. The normalized spacial score (nSPS) is 10.8. The van der Waals surface area contributed by atoms with Crippen molar-refractivity contribution in [2.24, 2.45) is 10.7 Å². The van der Waals surface area contributed by atoms with Crippen LogP contribution in [-0.2, 0) is 4.79 Å². The number of hydrazine groups is 1. The topological polar surface area (TPSA) is 96.6 Å². The van der Waals surface area contributed by atoms with E-state index >= 15 is 0 Å². The van der Waals surface area contributed by atoms with Crippen LogP contribution in [-0.4, -0.2) is 24.2 Å². The van der Waals surface area contributed by atoms with Crippen molar-refractivity contribution in [1.29, 1.82) is 0 Å². The summed E-state index contributed by atoms with van der Waals surface area (Å²) in [4.78, 5) is 25.1. The van der Waals surface area contributed by atoms with E-state index < -0.39 is 6.03 Å². The zero-order valence-electron chi connectivity index (χ0n) is 7.76. The van der Waals surface area contributed by atoms with Gasteiger partial charge in [0, 0.05) is 13.5 Å². The van der Waals surface area contributed by atoms with Crippen LogP contribution in [0.2, 0.25) is 0 Å². The maximum atomic E-state index is 10.9. The van der Waals surface area contributed by atoms with E-state index in [0.717, 1.165) is 6.42 Å². The van der Waals surface area contributed by atoms with Crippen molar-refractivity contribution in [3.8, 4) is 0 Å². The summed E-state index contributed by atoms with van der Waals surface area (Å²) >= 11 is 0. The molecule has 0 aromatic carbocycles. The summed E-state index contributed by atoms with van der Waals surface area (Å²) < 4.78 is 0. The number of amidine groups is 1. The number of ketones is 1. The first kappa shape index (κ1) is 11.4. The first-order valence-electron chi connectivity index (χ1n) is 3.94. The molecule has 0 aromatic rings. The van der Waals surface area contributed by atoms with Gasteiger partial charge in [-0.25, -0.2) is 4.79 Å². The highest BCUT2D eigenvalue weighted by Crippen LogP contribution is 1.81. The van der Waals surface area contributed by atoms with Gasteiger partial charge in [-0.15, -0.1) is 0 Å². The van der Waals surface area contributed by atoms with E-state index in [1.165, 1.54) is 6.92 Å². The van der Waals surface area contributed by atoms with Crippen molar-refractivity contribution in [2.75, 3.05) is 6.54 Å². The molecule has 0 fully saturated rings. The zero-order valence-corrected chi connectivity index (χ0v) is 7.76. The lowest BCUT2D eigenvalue weighted by molar-refractivity contribution is -0.111. The number of primary amides is 1. The number of hydrogen-bond donors (Lipinski definition) is 3. The van der Waals surface area contributed by atoms with Gasteiger partial charge in [0.2, 0.25) is 0 Å². The Bertz CT molecular complexity index is 225. The summed E-state index contributed by atoms with van der Waals surface area (Å²) in [6.45, 7) is 3.81. The molecule has 0 spiro atoms. The lowest BCUT2D eigenvalue weighted by Crippen LogP contribution is -2.46. The Morgan fingerprint density at radius 1 is 1.38 bits per heavy atom. The van der Waals surface area contributed by atoms with Crippen molar-refractivity contribution in [2.45, 2.75) is 20.3 Å². The Hall–Kier alpha value is -1.59. The Kier molecular flexibility index (Phi) is 5.25. The molecule has 0 aliphatic heterocycles. The summed E-state index contributed by atoms with van der Waals surface area (Å²) in [7, 11) is 0. The number of Topliss-reactive ketones (excluding diaryl/α,β-unsaturated/α-hetero) is 1. The molecular formula is C7H14N4O2. The first-order chi connectivity index (χ1) is 6.07. The molecule has 13 heavy (non-hydrogen) atoms. The van der Waals surface area contributed by atoms with Crippen LogP contribution in [0.25, 0.3) is 0 Å². The smallest absolute Gasteiger partial charge is 0.330 e. The fourth-order valence-corrected chi connectivity index (χ4v) is 0.583. The highest BCUT2D eigenvalue weighted by Gasteiger charge is 2.04. The van der Waals surface area contributed by atoms with E-state index in [2.05, 4.69) is 15.8 Å². The third-order valence-corrected chi connectivity index (χ3v) is 1.13. The highest BCUT2D eigenvalue weighted by atomic mass is 16.2. The molecule has 2 amide bonds. The minimum atomic E-state index is -0.759. The maximum Gasteiger partial charge on any atom is 0.330 e. The fourth-order valence-electron chi connectivity index (χ4n) is 0.583. The van der Waals surface area contributed by atoms with Gasteiger partial charge < -0.3 is 5.73 Å². The molecule has 0 unspecified atom stereocenters. The monoisotopic (exact) mass is 186 g/mol. The fraction of sp³-hybridized carbons (Fsp3) is 0.571. The van der Waals surface area contributed by atoms with Crippen LogP contribution in [0.1, 0.15) is 20.3 Å². The predicted molar refractivity (Wildman–Crippen MR) is 49.1 cm³/mol. The van der Waals surface area contributed by atoms with E-state index in [9.17, 15) is 9.59 Å². The van der Waals surface area contributed by atoms with Gasteiger partial charge in [-0.1, -0.05) is 6.92 Å². The molecule has 4 N–H and O–H groups in total. The third-order valence-electron chi connectivity index (χ3n) is 1.13. The second-order valence-electron chi connectivity index (χ2n) is 2.40. The van der Waals surface area contributed by atoms with Crippen LogP contribution in [0, 0.1) is 0 Å². The first-order valence-corrected chi connectivity index (χ1v) is 3.94. The number of urea groups is 1. The van der Waals surface area contributed by atoms with Gasteiger partial charge in [0.25, 0.3) is 0 Å². The van der Waals surface area contributed by atoms with Crippen molar-refractivity contribution < 1.29 is 9.59 Å². The average molecular weight is 186 g/mol. The number of nitrogens with two attached hydrogens (primary N) is 1. The lowest BCUT2D eigenvalue weighted by Gasteiger charge is -2.05. The van der Waals surface area contributed by atoms with Crippen molar-refractivity contribution in [3.63, 3.8) is 0 Å². The second kappa shape index (κ2) is 5.99. The number of rotatable bonds is 3. The van der Waals surface area contributed by atoms with Crippen LogP contribution < -0.4 is 16.6 Å². The second-order valence-corrected chi connectivity index (χ2v) is 2.40. The molecule has 0 saturated heterocycles. The Morgan fingerprint density at radius 3 is 2.38 bits per heavy atom. The van der Waals surface area contributed by atoms with Gasteiger partial charge in [-0.05, 0) is 6.42 Å². The maximum absolute atomic E-state index is 10.9. The minimum Gasteiger partial charge on any atom is -0.350 e. The molecule has 74 valence electrons. The van der Waals surface area contributed by atoms with Crippen molar-refractivity contribution >= 4 is 17.6 Å². The number of carbonyl (C=O) groups is 2. The van der Waals surface area contributed by atoms with Gasteiger partial charge in [-0.2, -0.15) is 0 Å². The Labute approximate surface area is 76.6 Å². The molecule has 6 heteroatoms. The molecule has 0 bridgehead atoms. The number of hydrogen-bond acceptors (Lipinski definition) is 3. The van der Waals surface area contributed by atoms with E-state index in [0.29, 0.717) is 6.54 Å². The third kappa shape index (κ3) is 5.66. The van der Waals surface area contributed by atoms with Crippen LogP contribution in [0.15, 0.2) is 4.99 Å². The molecule has 0 aromatic heterocycles. The SMILES string of the molecule is CCCN=C(NNC(N)=O)C(C)=O. The molecule has 0 atom stereocenters. The molecule has 0 aliphatic rings. The van der Waals surface area contributed by atoms with Gasteiger partial charge in [0.05, 0.1) is 0 Å². The molecule has 0 aliphatic carbocycles. The van der Waals surface area contributed by atoms with Gasteiger partial charge in [0.1, 0.15) is 0 Å².